The van der Waals surface area contributed by atoms with Crippen LogP contribution in [-0.4, -0.2) is 47.3 Å². The van der Waals surface area contributed by atoms with E-state index in [1.807, 2.05) is 24.3 Å². The molecule has 2 saturated heterocycles. The Bertz CT molecular complexity index is 635. The number of hydrogen-bond acceptors (Lipinski definition) is 4. The third kappa shape index (κ3) is 3.85. The summed E-state index contributed by atoms with van der Waals surface area (Å²) >= 11 is 1.25. The minimum Gasteiger partial charge on any atom is -0.350 e. The van der Waals surface area contributed by atoms with Crippen molar-refractivity contribution in [2.24, 2.45) is 0 Å². The molecular formula is C16H19N3O3S. The summed E-state index contributed by atoms with van der Waals surface area (Å²) in [4.78, 5) is 38.5. The predicted octanol–water partition coefficient (Wildman–Crippen LogP) is 1.60. The second-order valence-corrected chi connectivity index (χ2v) is 6.68. The van der Waals surface area contributed by atoms with Crippen LogP contribution in [0.3, 0.4) is 0 Å². The Kier molecular flexibility index (Phi) is 4.85. The van der Waals surface area contributed by atoms with Gasteiger partial charge in [-0.05, 0) is 24.1 Å². The van der Waals surface area contributed by atoms with Gasteiger partial charge in [0.2, 0.25) is 11.8 Å². The highest BCUT2D eigenvalue weighted by atomic mass is 32.2. The van der Waals surface area contributed by atoms with E-state index in [1.165, 1.54) is 11.8 Å². The lowest BCUT2D eigenvalue weighted by atomic mass is 10.2. The number of rotatable bonds is 5. The number of benzene rings is 1. The summed E-state index contributed by atoms with van der Waals surface area (Å²) < 4.78 is 0. The van der Waals surface area contributed by atoms with E-state index < -0.39 is 0 Å². The first-order chi connectivity index (χ1) is 11.1. The SMILES string of the molecule is O=C(CN1CCSC1=O)NCc1cccc(N2CCCC2=O)c1. The van der Waals surface area contributed by atoms with Gasteiger partial charge in [0.15, 0.2) is 0 Å². The first-order valence-electron chi connectivity index (χ1n) is 7.71. The van der Waals surface area contributed by atoms with Gasteiger partial charge < -0.3 is 15.1 Å². The minimum absolute atomic E-state index is 0.0327. The number of amides is 3. The lowest BCUT2D eigenvalue weighted by molar-refractivity contribution is -0.121. The van der Waals surface area contributed by atoms with Crippen LogP contribution >= 0.6 is 11.8 Å². The molecular weight excluding hydrogens is 314 g/mol. The fourth-order valence-electron chi connectivity index (χ4n) is 2.75. The molecule has 0 radical (unpaired) electrons. The van der Waals surface area contributed by atoms with Crippen molar-refractivity contribution in [2.75, 3.05) is 30.3 Å². The normalized spacial score (nSPS) is 17.9. The van der Waals surface area contributed by atoms with Gasteiger partial charge in [0.25, 0.3) is 5.24 Å². The summed E-state index contributed by atoms with van der Waals surface area (Å²) in [5.74, 6) is 0.734. The summed E-state index contributed by atoms with van der Waals surface area (Å²) in [5.41, 5.74) is 1.82. The van der Waals surface area contributed by atoms with Gasteiger partial charge in [-0.2, -0.15) is 0 Å². The van der Waals surface area contributed by atoms with Gasteiger partial charge in [-0.3, -0.25) is 14.4 Å². The van der Waals surface area contributed by atoms with Crippen LogP contribution in [0.4, 0.5) is 10.5 Å². The summed E-state index contributed by atoms with van der Waals surface area (Å²) in [5, 5.41) is 2.80. The highest BCUT2D eigenvalue weighted by Gasteiger charge is 2.23. The number of anilines is 1. The van der Waals surface area contributed by atoms with E-state index in [-0.39, 0.29) is 23.6 Å². The van der Waals surface area contributed by atoms with Crippen molar-refractivity contribution in [3.63, 3.8) is 0 Å². The van der Waals surface area contributed by atoms with E-state index in [4.69, 9.17) is 0 Å². The molecule has 0 saturated carbocycles. The van der Waals surface area contributed by atoms with Gasteiger partial charge >= 0.3 is 0 Å². The summed E-state index contributed by atoms with van der Waals surface area (Å²) in [6.07, 6.45) is 1.49. The summed E-state index contributed by atoms with van der Waals surface area (Å²) in [6.45, 7) is 1.88. The van der Waals surface area contributed by atoms with Gasteiger partial charge in [-0.15, -0.1) is 0 Å². The second kappa shape index (κ2) is 7.04. The molecule has 2 fully saturated rings. The second-order valence-electron chi connectivity index (χ2n) is 5.63. The van der Waals surface area contributed by atoms with E-state index in [9.17, 15) is 14.4 Å². The summed E-state index contributed by atoms with van der Waals surface area (Å²) in [7, 11) is 0. The average Bonchev–Trinajstić information content (AvgIpc) is 3.14. The van der Waals surface area contributed by atoms with Gasteiger partial charge in [0.1, 0.15) is 6.54 Å². The number of nitrogens with one attached hydrogen (secondary N) is 1. The van der Waals surface area contributed by atoms with E-state index in [1.54, 1.807) is 9.80 Å². The molecule has 3 amide bonds. The van der Waals surface area contributed by atoms with Crippen molar-refractivity contribution >= 4 is 34.5 Å². The Labute approximate surface area is 139 Å². The molecule has 0 unspecified atom stereocenters. The monoisotopic (exact) mass is 333 g/mol. The van der Waals surface area contributed by atoms with Crippen molar-refractivity contribution in [3.8, 4) is 0 Å². The molecule has 23 heavy (non-hydrogen) atoms. The lowest BCUT2D eigenvalue weighted by Gasteiger charge is -2.17. The maximum Gasteiger partial charge on any atom is 0.282 e. The third-order valence-corrected chi connectivity index (χ3v) is 4.86. The average molecular weight is 333 g/mol. The van der Waals surface area contributed by atoms with Crippen molar-refractivity contribution in [1.82, 2.24) is 10.2 Å². The standard InChI is InChI=1S/C16H19N3O3S/c20-14(11-18-7-8-23-16(18)22)17-10-12-3-1-4-13(9-12)19-6-2-5-15(19)21/h1,3-4,9H,2,5-8,10-11H2,(H,17,20). The minimum atomic E-state index is -0.163. The zero-order chi connectivity index (χ0) is 16.2. The molecule has 6 nitrogen and oxygen atoms in total. The maximum atomic E-state index is 11.9. The van der Waals surface area contributed by atoms with Crippen LogP contribution in [0, 0.1) is 0 Å². The number of nitrogens with zero attached hydrogens (tertiary/aromatic N) is 2. The van der Waals surface area contributed by atoms with Gasteiger partial charge in [0.05, 0.1) is 0 Å². The number of carbonyl (C=O) groups is 3. The third-order valence-electron chi connectivity index (χ3n) is 3.96. The molecule has 0 atom stereocenters. The Morgan fingerprint density at radius 2 is 2.13 bits per heavy atom. The zero-order valence-corrected chi connectivity index (χ0v) is 13.6. The largest absolute Gasteiger partial charge is 0.350 e. The van der Waals surface area contributed by atoms with Crippen LogP contribution in [0.2, 0.25) is 0 Å². The highest BCUT2D eigenvalue weighted by molar-refractivity contribution is 8.13. The molecule has 2 aliphatic heterocycles. The Balaban J connectivity index is 1.54. The highest BCUT2D eigenvalue weighted by Crippen LogP contribution is 2.22. The van der Waals surface area contributed by atoms with E-state index in [0.717, 1.165) is 30.0 Å². The fourth-order valence-corrected chi connectivity index (χ4v) is 3.58. The van der Waals surface area contributed by atoms with Crippen molar-refractivity contribution in [1.29, 1.82) is 0 Å². The van der Waals surface area contributed by atoms with E-state index in [0.29, 0.717) is 19.5 Å². The smallest absolute Gasteiger partial charge is 0.282 e. The Hall–Kier alpha value is -2.02. The van der Waals surface area contributed by atoms with Gasteiger partial charge in [-0.25, -0.2) is 0 Å². The molecule has 0 aliphatic carbocycles. The topological polar surface area (TPSA) is 69.7 Å². The maximum absolute atomic E-state index is 11.9. The zero-order valence-electron chi connectivity index (χ0n) is 12.8. The lowest BCUT2D eigenvalue weighted by Crippen LogP contribution is -2.37. The van der Waals surface area contributed by atoms with Crippen LogP contribution in [0.1, 0.15) is 18.4 Å². The molecule has 7 heteroatoms. The van der Waals surface area contributed by atoms with Crippen molar-refractivity contribution in [2.45, 2.75) is 19.4 Å². The molecule has 2 heterocycles. The Morgan fingerprint density at radius 1 is 1.26 bits per heavy atom. The molecule has 3 rings (SSSR count). The fraction of sp³-hybridized carbons (Fsp3) is 0.438. The van der Waals surface area contributed by atoms with E-state index >= 15 is 0 Å². The molecule has 2 aliphatic rings. The van der Waals surface area contributed by atoms with Gasteiger partial charge in [0, 0.05) is 37.5 Å². The molecule has 0 bridgehead atoms. The molecule has 122 valence electrons. The van der Waals surface area contributed by atoms with Crippen molar-refractivity contribution in [3.05, 3.63) is 29.8 Å². The molecule has 1 aromatic rings. The number of carbonyl (C=O) groups excluding carboxylic acids is 3. The molecule has 0 spiro atoms. The van der Waals surface area contributed by atoms with Gasteiger partial charge in [-0.1, -0.05) is 23.9 Å². The molecule has 0 aromatic heterocycles. The van der Waals surface area contributed by atoms with Crippen LogP contribution in [0.15, 0.2) is 24.3 Å². The predicted molar refractivity (Wildman–Crippen MR) is 89.3 cm³/mol. The first-order valence-corrected chi connectivity index (χ1v) is 8.70. The van der Waals surface area contributed by atoms with Crippen molar-refractivity contribution < 1.29 is 14.4 Å². The van der Waals surface area contributed by atoms with Crippen LogP contribution < -0.4 is 10.2 Å². The van der Waals surface area contributed by atoms with E-state index in [2.05, 4.69) is 5.32 Å². The van der Waals surface area contributed by atoms with Crippen LogP contribution in [0.25, 0.3) is 0 Å². The molecule has 1 N–H and O–H groups in total. The number of thioether (sulfide) groups is 1. The summed E-state index contributed by atoms with van der Waals surface area (Å²) in [6, 6.07) is 7.65. The molecule has 1 aromatic carbocycles. The van der Waals surface area contributed by atoms with Crippen LogP contribution in [0.5, 0.6) is 0 Å². The quantitative estimate of drug-likeness (QED) is 0.888. The first kappa shape index (κ1) is 15.9. The number of hydrogen-bond donors (Lipinski definition) is 1. The van der Waals surface area contributed by atoms with Crippen LogP contribution in [-0.2, 0) is 16.1 Å². The Morgan fingerprint density at radius 3 is 2.83 bits per heavy atom.